The van der Waals surface area contributed by atoms with E-state index >= 15 is 0 Å². The molecule has 0 fully saturated rings. The van der Waals surface area contributed by atoms with Crippen molar-refractivity contribution in [2.24, 2.45) is 5.92 Å². The molecule has 100 valence electrons. The van der Waals surface area contributed by atoms with Crippen LogP contribution in [-0.2, 0) is 10.4 Å². The fourth-order valence-corrected chi connectivity index (χ4v) is 2.80. The maximum absolute atomic E-state index is 11.4. The van der Waals surface area contributed by atoms with Crippen LogP contribution < -0.4 is 0 Å². The molecule has 0 saturated heterocycles. The zero-order valence-corrected chi connectivity index (χ0v) is 12.3. The SMILES string of the molecule is CCCCC(C(=O)O)C(C)(O)c1ccccc1Br. The fraction of sp³-hybridized carbons (Fsp3) is 0.500. The van der Waals surface area contributed by atoms with Crippen LogP contribution in [-0.4, -0.2) is 16.2 Å². The summed E-state index contributed by atoms with van der Waals surface area (Å²) in [6, 6.07) is 7.20. The van der Waals surface area contributed by atoms with Crippen molar-refractivity contribution in [3.63, 3.8) is 0 Å². The normalized spacial score (nSPS) is 16.0. The van der Waals surface area contributed by atoms with E-state index in [-0.39, 0.29) is 0 Å². The van der Waals surface area contributed by atoms with Gasteiger partial charge in [-0.2, -0.15) is 0 Å². The summed E-state index contributed by atoms with van der Waals surface area (Å²) in [6.07, 6.45) is 2.17. The lowest BCUT2D eigenvalue weighted by Crippen LogP contribution is -2.37. The Morgan fingerprint density at radius 1 is 1.44 bits per heavy atom. The molecule has 0 aromatic heterocycles. The van der Waals surface area contributed by atoms with Crippen molar-refractivity contribution in [3.05, 3.63) is 34.3 Å². The van der Waals surface area contributed by atoms with E-state index in [0.717, 1.165) is 17.3 Å². The number of carbonyl (C=O) groups is 1. The Labute approximate surface area is 116 Å². The quantitative estimate of drug-likeness (QED) is 0.844. The summed E-state index contributed by atoms with van der Waals surface area (Å²) < 4.78 is 0.734. The second-order valence-electron chi connectivity index (χ2n) is 4.66. The average molecular weight is 315 g/mol. The van der Waals surface area contributed by atoms with Crippen LogP contribution in [0.3, 0.4) is 0 Å². The van der Waals surface area contributed by atoms with Gasteiger partial charge in [0.15, 0.2) is 0 Å². The van der Waals surface area contributed by atoms with E-state index in [1.54, 1.807) is 19.1 Å². The van der Waals surface area contributed by atoms with Crippen LogP contribution in [0.5, 0.6) is 0 Å². The van der Waals surface area contributed by atoms with E-state index in [9.17, 15) is 15.0 Å². The summed E-state index contributed by atoms with van der Waals surface area (Å²) in [5.74, 6) is -1.75. The third-order valence-corrected chi connectivity index (χ3v) is 3.93. The van der Waals surface area contributed by atoms with Crippen LogP contribution in [0.4, 0.5) is 0 Å². The summed E-state index contributed by atoms with van der Waals surface area (Å²) in [5, 5.41) is 19.9. The number of hydrogen-bond donors (Lipinski definition) is 2. The van der Waals surface area contributed by atoms with Gasteiger partial charge in [-0.1, -0.05) is 53.9 Å². The molecule has 2 atom stereocenters. The highest BCUT2D eigenvalue weighted by atomic mass is 79.9. The van der Waals surface area contributed by atoms with E-state index in [1.165, 1.54) is 0 Å². The molecule has 0 radical (unpaired) electrons. The number of aliphatic hydroxyl groups is 1. The molecule has 0 aliphatic carbocycles. The van der Waals surface area contributed by atoms with Crippen molar-refractivity contribution in [1.82, 2.24) is 0 Å². The molecule has 1 rings (SSSR count). The maximum Gasteiger partial charge on any atom is 0.309 e. The second kappa shape index (κ2) is 6.34. The molecule has 18 heavy (non-hydrogen) atoms. The third kappa shape index (κ3) is 3.33. The lowest BCUT2D eigenvalue weighted by Gasteiger charge is -2.31. The van der Waals surface area contributed by atoms with Crippen molar-refractivity contribution in [1.29, 1.82) is 0 Å². The highest BCUT2D eigenvalue weighted by molar-refractivity contribution is 9.10. The van der Waals surface area contributed by atoms with Gasteiger partial charge in [0.25, 0.3) is 0 Å². The molecule has 0 spiro atoms. The molecule has 2 unspecified atom stereocenters. The van der Waals surface area contributed by atoms with Gasteiger partial charge in [-0.05, 0) is 25.0 Å². The lowest BCUT2D eigenvalue weighted by atomic mass is 9.80. The molecule has 4 heteroatoms. The Balaban J connectivity index is 3.08. The molecule has 0 aliphatic rings. The number of hydrogen-bond acceptors (Lipinski definition) is 2. The number of carboxylic acid groups (broad SMARTS) is 1. The maximum atomic E-state index is 11.4. The van der Waals surface area contributed by atoms with Crippen molar-refractivity contribution >= 4 is 21.9 Å². The van der Waals surface area contributed by atoms with Gasteiger partial charge in [0, 0.05) is 4.47 Å². The predicted molar refractivity (Wildman–Crippen MR) is 74.4 cm³/mol. The molecular weight excluding hydrogens is 296 g/mol. The first kappa shape index (κ1) is 15.2. The first-order chi connectivity index (χ1) is 8.41. The highest BCUT2D eigenvalue weighted by Crippen LogP contribution is 2.36. The van der Waals surface area contributed by atoms with E-state index in [2.05, 4.69) is 15.9 Å². The molecule has 1 aromatic rings. The lowest BCUT2D eigenvalue weighted by molar-refractivity contribution is -0.152. The minimum Gasteiger partial charge on any atom is -0.481 e. The van der Waals surface area contributed by atoms with Crippen LogP contribution >= 0.6 is 15.9 Å². The number of aliphatic carboxylic acids is 1. The number of unbranched alkanes of at least 4 members (excludes halogenated alkanes) is 1. The van der Waals surface area contributed by atoms with Crippen molar-refractivity contribution in [2.45, 2.75) is 38.7 Å². The standard InChI is InChI=1S/C14H19BrO3/c1-3-4-7-11(13(16)17)14(2,18)10-8-5-6-9-12(10)15/h5-6,8-9,11,18H,3-4,7H2,1-2H3,(H,16,17). The average Bonchev–Trinajstić information content (AvgIpc) is 2.29. The summed E-state index contributed by atoms with van der Waals surface area (Å²) in [6.45, 7) is 3.58. The Kier molecular flexibility index (Phi) is 5.35. The van der Waals surface area contributed by atoms with Gasteiger partial charge in [-0.3, -0.25) is 4.79 Å². The van der Waals surface area contributed by atoms with Crippen LogP contribution in [0, 0.1) is 5.92 Å². The van der Waals surface area contributed by atoms with Crippen molar-refractivity contribution < 1.29 is 15.0 Å². The zero-order chi connectivity index (χ0) is 13.8. The van der Waals surface area contributed by atoms with Gasteiger partial charge < -0.3 is 10.2 Å². The van der Waals surface area contributed by atoms with Crippen LogP contribution in [0.15, 0.2) is 28.7 Å². The van der Waals surface area contributed by atoms with E-state index in [0.29, 0.717) is 12.0 Å². The Hall–Kier alpha value is -0.870. The van der Waals surface area contributed by atoms with Gasteiger partial charge in [-0.25, -0.2) is 0 Å². The van der Waals surface area contributed by atoms with Gasteiger partial charge in [0.1, 0.15) is 5.60 Å². The first-order valence-corrected chi connectivity index (χ1v) is 6.90. The monoisotopic (exact) mass is 314 g/mol. The molecule has 0 heterocycles. The van der Waals surface area contributed by atoms with Gasteiger partial charge in [-0.15, -0.1) is 0 Å². The number of rotatable bonds is 6. The van der Waals surface area contributed by atoms with Gasteiger partial charge in [0.05, 0.1) is 5.92 Å². The van der Waals surface area contributed by atoms with E-state index in [1.807, 2.05) is 19.1 Å². The van der Waals surface area contributed by atoms with E-state index in [4.69, 9.17) is 0 Å². The summed E-state index contributed by atoms with van der Waals surface area (Å²) >= 11 is 3.36. The summed E-state index contributed by atoms with van der Waals surface area (Å²) in [4.78, 5) is 11.4. The zero-order valence-electron chi connectivity index (χ0n) is 10.7. The van der Waals surface area contributed by atoms with Crippen molar-refractivity contribution in [3.8, 4) is 0 Å². The van der Waals surface area contributed by atoms with Crippen LogP contribution in [0.25, 0.3) is 0 Å². The smallest absolute Gasteiger partial charge is 0.309 e. The fourth-order valence-electron chi connectivity index (χ4n) is 2.11. The number of halogens is 1. The number of benzene rings is 1. The third-order valence-electron chi connectivity index (χ3n) is 3.24. The Morgan fingerprint density at radius 2 is 2.06 bits per heavy atom. The predicted octanol–water partition coefficient (Wildman–Crippen LogP) is 3.55. The van der Waals surface area contributed by atoms with Crippen LogP contribution in [0.2, 0.25) is 0 Å². The molecule has 0 aliphatic heterocycles. The minimum absolute atomic E-state index is 0.472. The molecule has 2 N–H and O–H groups in total. The summed E-state index contributed by atoms with van der Waals surface area (Å²) in [7, 11) is 0. The molecular formula is C14H19BrO3. The molecule has 3 nitrogen and oxygen atoms in total. The molecule has 0 bridgehead atoms. The van der Waals surface area contributed by atoms with Crippen molar-refractivity contribution in [2.75, 3.05) is 0 Å². The Morgan fingerprint density at radius 3 is 2.56 bits per heavy atom. The largest absolute Gasteiger partial charge is 0.481 e. The summed E-state index contributed by atoms with van der Waals surface area (Å²) in [5.41, 5.74) is -0.755. The second-order valence-corrected chi connectivity index (χ2v) is 5.51. The Bertz CT molecular complexity index is 415. The van der Waals surface area contributed by atoms with Crippen LogP contribution in [0.1, 0.15) is 38.7 Å². The van der Waals surface area contributed by atoms with E-state index < -0.39 is 17.5 Å². The van der Waals surface area contributed by atoms with Gasteiger partial charge >= 0.3 is 5.97 Å². The first-order valence-electron chi connectivity index (χ1n) is 6.11. The molecule has 0 saturated carbocycles. The number of carboxylic acids is 1. The highest BCUT2D eigenvalue weighted by Gasteiger charge is 2.39. The topological polar surface area (TPSA) is 57.5 Å². The minimum atomic E-state index is -1.37. The van der Waals surface area contributed by atoms with Gasteiger partial charge in [0.2, 0.25) is 0 Å². The molecule has 0 amide bonds. The molecule has 1 aromatic carbocycles.